The van der Waals surface area contributed by atoms with Gasteiger partial charge in [-0.3, -0.25) is 14.2 Å². The van der Waals surface area contributed by atoms with Gasteiger partial charge in [-0.1, -0.05) is 77.8 Å². The highest BCUT2D eigenvalue weighted by Gasteiger charge is 2.24. The Balaban J connectivity index is 1.46. The SMILES string of the molecule is CC(C)c1cc(CNC(=O)[C@H](Cc2ccccc2)n2cnc(-c3cc(Cl)ccc3-n3cc(Cl)nn3)cc2=O)on1. The molecule has 204 valence electrons. The fraction of sp³-hybridized carbons (Fsp3) is 0.214. The molecule has 0 spiro atoms. The van der Waals surface area contributed by atoms with Gasteiger partial charge in [-0.15, -0.1) is 5.10 Å². The topological polar surface area (TPSA) is 121 Å². The van der Waals surface area contributed by atoms with Gasteiger partial charge in [-0.25, -0.2) is 9.67 Å². The molecule has 10 nitrogen and oxygen atoms in total. The lowest BCUT2D eigenvalue weighted by Crippen LogP contribution is -2.38. The second kappa shape index (κ2) is 11.8. The first kappa shape index (κ1) is 27.3. The van der Waals surface area contributed by atoms with Gasteiger partial charge in [-0.2, -0.15) is 0 Å². The Morgan fingerprint density at radius 2 is 1.88 bits per heavy atom. The van der Waals surface area contributed by atoms with Crippen LogP contribution in [0, 0.1) is 0 Å². The Bertz CT molecular complexity index is 1700. The Hall–Kier alpha value is -4.28. The Labute approximate surface area is 239 Å². The smallest absolute Gasteiger partial charge is 0.254 e. The molecule has 0 saturated carbocycles. The van der Waals surface area contributed by atoms with Gasteiger partial charge in [0.1, 0.15) is 6.04 Å². The van der Waals surface area contributed by atoms with Crippen molar-refractivity contribution in [1.82, 2.24) is 35.0 Å². The molecule has 0 radical (unpaired) electrons. The molecule has 2 aromatic carbocycles. The summed E-state index contributed by atoms with van der Waals surface area (Å²) >= 11 is 12.2. The maximum atomic E-state index is 13.5. The molecule has 3 aromatic heterocycles. The summed E-state index contributed by atoms with van der Waals surface area (Å²) in [6.07, 6.45) is 3.19. The van der Waals surface area contributed by atoms with Crippen molar-refractivity contribution in [3.63, 3.8) is 0 Å². The quantitative estimate of drug-likeness (QED) is 0.261. The molecular weight excluding hydrogens is 553 g/mol. The zero-order valence-corrected chi connectivity index (χ0v) is 23.2. The molecule has 40 heavy (non-hydrogen) atoms. The first-order valence-corrected chi connectivity index (χ1v) is 13.3. The highest BCUT2D eigenvalue weighted by molar-refractivity contribution is 6.31. The van der Waals surface area contributed by atoms with Crippen molar-refractivity contribution in [2.45, 2.75) is 38.8 Å². The lowest BCUT2D eigenvalue weighted by molar-refractivity contribution is -0.124. The molecule has 0 aliphatic carbocycles. The number of nitrogens with one attached hydrogen (secondary N) is 1. The summed E-state index contributed by atoms with van der Waals surface area (Å²) in [6.45, 7) is 4.15. The molecule has 0 aliphatic heterocycles. The molecule has 0 aliphatic rings. The lowest BCUT2D eigenvalue weighted by Gasteiger charge is -2.19. The van der Waals surface area contributed by atoms with Gasteiger partial charge in [-0.05, 0) is 29.7 Å². The number of halogens is 2. The monoisotopic (exact) mass is 577 g/mol. The van der Waals surface area contributed by atoms with Crippen molar-refractivity contribution < 1.29 is 9.32 Å². The van der Waals surface area contributed by atoms with Crippen LogP contribution in [0.25, 0.3) is 16.9 Å². The normalized spacial score (nSPS) is 12.0. The van der Waals surface area contributed by atoms with Crippen molar-refractivity contribution in [2.75, 3.05) is 0 Å². The summed E-state index contributed by atoms with van der Waals surface area (Å²) in [7, 11) is 0. The number of carbonyl (C=O) groups is 1. The van der Waals surface area contributed by atoms with E-state index in [1.807, 2.05) is 50.2 Å². The zero-order chi connectivity index (χ0) is 28.2. The molecule has 1 atom stereocenters. The summed E-state index contributed by atoms with van der Waals surface area (Å²) < 4.78 is 8.15. The minimum absolute atomic E-state index is 0.135. The molecule has 0 unspecified atom stereocenters. The lowest BCUT2D eigenvalue weighted by atomic mass is 10.0. The van der Waals surface area contributed by atoms with Crippen LogP contribution in [0.2, 0.25) is 10.2 Å². The van der Waals surface area contributed by atoms with E-state index in [4.69, 9.17) is 27.7 Å². The summed E-state index contributed by atoms with van der Waals surface area (Å²) in [4.78, 5) is 31.4. The van der Waals surface area contributed by atoms with Crippen LogP contribution in [0.15, 0.2) is 82.5 Å². The van der Waals surface area contributed by atoms with E-state index in [2.05, 4.69) is 25.8 Å². The van der Waals surface area contributed by atoms with Crippen LogP contribution in [-0.4, -0.2) is 35.6 Å². The Morgan fingerprint density at radius 1 is 1.07 bits per heavy atom. The van der Waals surface area contributed by atoms with E-state index in [1.165, 1.54) is 27.8 Å². The largest absolute Gasteiger partial charge is 0.359 e. The number of hydrogen-bond acceptors (Lipinski definition) is 7. The maximum absolute atomic E-state index is 13.5. The van der Waals surface area contributed by atoms with E-state index in [0.717, 1.165) is 11.3 Å². The van der Waals surface area contributed by atoms with Gasteiger partial charge in [0.15, 0.2) is 10.9 Å². The third kappa shape index (κ3) is 6.13. The molecule has 0 bridgehead atoms. The molecule has 1 N–H and O–H groups in total. The first-order chi connectivity index (χ1) is 19.3. The van der Waals surface area contributed by atoms with Crippen molar-refractivity contribution in [1.29, 1.82) is 0 Å². The maximum Gasteiger partial charge on any atom is 0.254 e. The Kier molecular flexibility index (Phi) is 8.09. The molecule has 1 amide bonds. The van der Waals surface area contributed by atoms with Crippen LogP contribution in [0.4, 0.5) is 0 Å². The second-order valence-electron chi connectivity index (χ2n) is 9.46. The third-order valence-electron chi connectivity index (χ3n) is 6.30. The van der Waals surface area contributed by atoms with Crippen LogP contribution in [0.5, 0.6) is 0 Å². The molecular formula is C28H25Cl2N7O3. The van der Waals surface area contributed by atoms with E-state index in [-0.39, 0.29) is 29.9 Å². The number of nitrogens with zero attached hydrogens (tertiary/aromatic N) is 6. The van der Waals surface area contributed by atoms with Gasteiger partial charge in [0, 0.05) is 29.1 Å². The Morgan fingerprint density at radius 3 is 2.55 bits per heavy atom. The molecule has 0 saturated heterocycles. The number of amides is 1. The van der Waals surface area contributed by atoms with Crippen LogP contribution in [0.1, 0.15) is 42.8 Å². The predicted octanol–water partition coefficient (Wildman–Crippen LogP) is 5.01. The minimum Gasteiger partial charge on any atom is -0.359 e. The van der Waals surface area contributed by atoms with Gasteiger partial charge in [0.05, 0.1) is 36.1 Å². The van der Waals surface area contributed by atoms with Crippen LogP contribution >= 0.6 is 23.2 Å². The summed E-state index contributed by atoms with van der Waals surface area (Å²) in [5.74, 6) is 0.366. The van der Waals surface area contributed by atoms with Gasteiger partial charge >= 0.3 is 0 Å². The van der Waals surface area contributed by atoms with E-state index in [0.29, 0.717) is 27.7 Å². The molecule has 5 aromatic rings. The van der Waals surface area contributed by atoms with Gasteiger partial charge < -0.3 is 9.84 Å². The summed E-state index contributed by atoms with van der Waals surface area (Å²) in [6, 6.07) is 16.9. The van der Waals surface area contributed by atoms with E-state index in [9.17, 15) is 9.59 Å². The second-order valence-corrected chi connectivity index (χ2v) is 10.3. The average molecular weight is 578 g/mol. The van der Waals surface area contributed by atoms with E-state index >= 15 is 0 Å². The highest BCUT2D eigenvalue weighted by atomic mass is 35.5. The highest BCUT2D eigenvalue weighted by Crippen LogP contribution is 2.28. The molecule has 5 rings (SSSR count). The number of rotatable bonds is 9. The van der Waals surface area contributed by atoms with Crippen LogP contribution in [0.3, 0.4) is 0 Å². The van der Waals surface area contributed by atoms with Crippen molar-refractivity contribution in [3.05, 3.63) is 111 Å². The third-order valence-corrected chi connectivity index (χ3v) is 6.71. The molecule has 3 heterocycles. The fourth-order valence-electron chi connectivity index (χ4n) is 4.20. The van der Waals surface area contributed by atoms with E-state index < -0.39 is 11.6 Å². The number of aromatic nitrogens is 6. The average Bonchev–Trinajstić information content (AvgIpc) is 3.60. The van der Waals surface area contributed by atoms with Crippen molar-refractivity contribution in [3.8, 4) is 16.9 Å². The number of carbonyl (C=O) groups excluding carboxylic acids is 1. The van der Waals surface area contributed by atoms with Crippen molar-refractivity contribution in [2.24, 2.45) is 0 Å². The number of benzene rings is 2. The number of hydrogen-bond donors (Lipinski definition) is 1. The van der Waals surface area contributed by atoms with Gasteiger partial charge in [0.2, 0.25) is 5.91 Å². The van der Waals surface area contributed by atoms with Gasteiger partial charge in [0.25, 0.3) is 5.56 Å². The molecule has 12 heteroatoms. The summed E-state index contributed by atoms with van der Waals surface area (Å²) in [5.41, 5.74) is 2.77. The van der Waals surface area contributed by atoms with Crippen LogP contribution < -0.4 is 10.9 Å². The zero-order valence-electron chi connectivity index (χ0n) is 21.7. The minimum atomic E-state index is -0.864. The molecule has 0 fully saturated rings. The van der Waals surface area contributed by atoms with Crippen LogP contribution in [-0.2, 0) is 17.8 Å². The summed E-state index contributed by atoms with van der Waals surface area (Å²) in [5, 5.41) is 15.4. The predicted molar refractivity (Wildman–Crippen MR) is 150 cm³/mol. The van der Waals surface area contributed by atoms with E-state index in [1.54, 1.807) is 18.2 Å². The van der Waals surface area contributed by atoms with Crippen molar-refractivity contribution >= 4 is 29.1 Å². The first-order valence-electron chi connectivity index (χ1n) is 12.5. The standard InChI is InChI=1S/C28H25Cl2N7O3/c1-17(2)22-12-20(40-34-22)14-31-28(39)25(10-18-6-4-3-5-7-18)36-16-32-23(13-27(36)38)21-11-19(29)8-9-24(21)37-15-26(30)33-35-37/h3-9,11-13,15-17,25H,10,14H2,1-2H3,(H,31,39)/t25-/m0/s1. The fourth-order valence-corrected chi connectivity index (χ4v) is 4.50.